The molecule has 0 spiro atoms. The average molecular weight is 255 g/mol. The second-order valence-electron chi connectivity index (χ2n) is 3.06. The SMILES string of the molecule is CCNCCNC(=O)CCOCCOC.Cl. The van der Waals surface area contributed by atoms with E-state index in [0.717, 1.165) is 13.1 Å². The van der Waals surface area contributed by atoms with Crippen LogP contribution in [0.2, 0.25) is 0 Å². The summed E-state index contributed by atoms with van der Waals surface area (Å²) in [5.41, 5.74) is 0. The minimum Gasteiger partial charge on any atom is -0.382 e. The second-order valence-corrected chi connectivity index (χ2v) is 3.06. The van der Waals surface area contributed by atoms with Crippen molar-refractivity contribution in [3.8, 4) is 0 Å². The summed E-state index contributed by atoms with van der Waals surface area (Å²) >= 11 is 0. The Morgan fingerprint density at radius 1 is 1.19 bits per heavy atom. The number of hydrogen-bond donors (Lipinski definition) is 2. The van der Waals surface area contributed by atoms with E-state index in [1.54, 1.807) is 7.11 Å². The number of ether oxygens (including phenoxy) is 2. The van der Waals surface area contributed by atoms with Crippen LogP contribution in [0.4, 0.5) is 0 Å². The molecule has 0 heterocycles. The second kappa shape index (κ2) is 14.6. The summed E-state index contributed by atoms with van der Waals surface area (Å²) in [7, 11) is 1.62. The fraction of sp³-hybridized carbons (Fsp3) is 0.900. The fourth-order valence-electron chi connectivity index (χ4n) is 0.965. The molecule has 0 unspecified atom stereocenters. The highest BCUT2D eigenvalue weighted by Gasteiger charge is 1.99. The summed E-state index contributed by atoms with van der Waals surface area (Å²) in [6, 6.07) is 0. The van der Waals surface area contributed by atoms with Gasteiger partial charge in [0.25, 0.3) is 0 Å². The van der Waals surface area contributed by atoms with E-state index in [9.17, 15) is 4.79 Å². The van der Waals surface area contributed by atoms with E-state index >= 15 is 0 Å². The van der Waals surface area contributed by atoms with E-state index in [1.165, 1.54) is 0 Å². The number of nitrogens with one attached hydrogen (secondary N) is 2. The highest BCUT2D eigenvalue weighted by molar-refractivity contribution is 5.85. The van der Waals surface area contributed by atoms with Crippen LogP contribution in [0.15, 0.2) is 0 Å². The highest BCUT2D eigenvalue weighted by atomic mass is 35.5. The zero-order valence-electron chi connectivity index (χ0n) is 10.1. The summed E-state index contributed by atoms with van der Waals surface area (Å²) in [6.07, 6.45) is 0.413. The van der Waals surface area contributed by atoms with Crippen LogP contribution < -0.4 is 10.6 Å². The van der Waals surface area contributed by atoms with Crippen LogP contribution in [-0.2, 0) is 14.3 Å². The molecule has 98 valence electrons. The Kier molecular flexibility index (Phi) is 16.5. The third-order valence-electron chi connectivity index (χ3n) is 1.78. The molecule has 0 saturated heterocycles. The van der Waals surface area contributed by atoms with E-state index in [-0.39, 0.29) is 18.3 Å². The largest absolute Gasteiger partial charge is 0.382 e. The number of methoxy groups -OCH3 is 1. The van der Waals surface area contributed by atoms with E-state index in [2.05, 4.69) is 10.6 Å². The molecule has 0 bridgehead atoms. The molecule has 0 aliphatic carbocycles. The van der Waals surface area contributed by atoms with Gasteiger partial charge in [0, 0.05) is 26.6 Å². The zero-order valence-corrected chi connectivity index (χ0v) is 10.9. The molecular weight excluding hydrogens is 232 g/mol. The van der Waals surface area contributed by atoms with Crippen LogP contribution in [0.5, 0.6) is 0 Å². The topological polar surface area (TPSA) is 59.6 Å². The van der Waals surface area contributed by atoms with Gasteiger partial charge in [-0.2, -0.15) is 0 Å². The average Bonchev–Trinajstić information content (AvgIpc) is 2.24. The molecule has 5 nitrogen and oxygen atoms in total. The molecular formula is C10H23ClN2O3. The van der Waals surface area contributed by atoms with Crippen molar-refractivity contribution in [3.05, 3.63) is 0 Å². The molecule has 0 aromatic rings. The van der Waals surface area contributed by atoms with Crippen molar-refractivity contribution in [2.75, 3.05) is 46.6 Å². The van der Waals surface area contributed by atoms with Crippen LogP contribution in [0.25, 0.3) is 0 Å². The first-order valence-electron chi connectivity index (χ1n) is 5.35. The van der Waals surface area contributed by atoms with Gasteiger partial charge in [0.2, 0.25) is 5.91 Å². The van der Waals surface area contributed by atoms with Crippen molar-refractivity contribution in [3.63, 3.8) is 0 Å². The predicted molar refractivity (Wildman–Crippen MR) is 66.1 cm³/mol. The van der Waals surface area contributed by atoms with Gasteiger partial charge in [-0.1, -0.05) is 6.92 Å². The maximum absolute atomic E-state index is 11.2. The Morgan fingerprint density at radius 2 is 1.94 bits per heavy atom. The Balaban J connectivity index is 0. The first-order chi connectivity index (χ1) is 7.31. The van der Waals surface area contributed by atoms with Gasteiger partial charge >= 0.3 is 0 Å². The number of halogens is 1. The molecule has 0 atom stereocenters. The summed E-state index contributed by atoms with van der Waals surface area (Å²) in [4.78, 5) is 11.2. The molecule has 0 aromatic carbocycles. The van der Waals surface area contributed by atoms with Crippen molar-refractivity contribution in [2.24, 2.45) is 0 Å². The minimum absolute atomic E-state index is 0. The maximum Gasteiger partial charge on any atom is 0.222 e. The number of amides is 1. The van der Waals surface area contributed by atoms with Crippen molar-refractivity contribution in [1.82, 2.24) is 10.6 Å². The molecule has 0 aromatic heterocycles. The van der Waals surface area contributed by atoms with Gasteiger partial charge in [-0.3, -0.25) is 4.79 Å². The molecule has 16 heavy (non-hydrogen) atoms. The monoisotopic (exact) mass is 254 g/mol. The highest BCUT2D eigenvalue weighted by Crippen LogP contribution is 1.83. The van der Waals surface area contributed by atoms with E-state index in [0.29, 0.717) is 32.8 Å². The van der Waals surface area contributed by atoms with Gasteiger partial charge in [0.1, 0.15) is 0 Å². The number of carbonyl (C=O) groups excluding carboxylic acids is 1. The Morgan fingerprint density at radius 3 is 2.56 bits per heavy atom. The Bertz CT molecular complexity index is 159. The van der Waals surface area contributed by atoms with E-state index < -0.39 is 0 Å². The van der Waals surface area contributed by atoms with Crippen LogP contribution in [0.3, 0.4) is 0 Å². The Labute approximate surface area is 104 Å². The summed E-state index contributed by atoms with van der Waals surface area (Å²) in [6.45, 7) is 6.01. The lowest BCUT2D eigenvalue weighted by Crippen LogP contribution is -2.32. The normalized spacial score (nSPS) is 9.62. The van der Waals surface area contributed by atoms with Gasteiger partial charge in [-0.05, 0) is 6.54 Å². The Hall–Kier alpha value is -0.360. The van der Waals surface area contributed by atoms with Crippen molar-refractivity contribution >= 4 is 18.3 Å². The van der Waals surface area contributed by atoms with Gasteiger partial charge < -0.3 is 20.1 Å². The predicted octanol–water partition coefficient (Wildman–Crippen LogP) is 0.187. The van der Waals surface area contributed by atoms with Crippen molar-refractivity contribution in [1.29, 1.82) is 0 Å². The van der Waals surface area contributed by atoms with Crippen LogP contribution in [-0.4, -0.2) is 52.5 Å². The van der Waals surface area contributed by atoms with Crippen LogP contribution in [0.1, 0.15) is 13.3 Å². The molecule has 0 saturated carbocycles. The third kappa shape index (κ3) is 13.6. The first kappa shape index (κ1) is 18.0. The minimum atomic E-state index is 0. The number of carbonyl (C=O) groups is 1. The molecule has 0 aliphatic heterocycles. The standard InChI is InChI=1S/C10H22N2O3.ClH/c1-3-11-5-6-12-10(13)4-7-15-9-8-14-2;/h11H,3-9H2,1-2H3,(H,12,13);1H. The number of hydrogen-bond acceptors (Lipinski definition) is 4. The summed E-state index contributed by atoms with van der Waals surface area (Å²) in [5.74, 6) is 0.0327. The molecule has 1 amide bonds. The van der Waals surface area contributed by atoms with Crippen LogP contribution in [0, 0.1) is 0 Å². The fourth-order valence-corrected chi connectivity index (χ4v) is 0.965. The molecule has 0 radical (unpaired) electrons. The van der Waals surface area contributed by atoms with E-state index in [1.807, 2.05) is 6.92 Å². The lowest BCUT2D eigenvalue weighted by atomic mass is 10.4. The number of likely N-dealkylation sites (N-methyl/N-ethyl adjacent to an activating group) is 1. The van der Waals surface area contributed by atoms with Crippen LogP contribution >= 0.6 is 12.4 Å². The lowest BCUT2D eigenvalue weighted by molar-refractivity contribution is -0.122. The first-order valence-corrected chi connectivity index (χ1v) is 5.35. The molecule has 2 N–H and O–H groups in total. The van der Waals surface area contributed by atoms with E-state index in [4.69, 9.17) is 9.47 Å². The summed E-state index contributed by atoms with van der Waals surface area (Å²) < 4.78 is 9.98. The van der Waals surface area contributed by atoms with Gasteiger partial charge in [0.05, 0.1) is 19.8 Å². The van der Waals surface area contributed by atoms with Crippen molar-refractivity contribution in [2.45, 2.75) is 13.3 Å². The maximum atomic E-state index is 11.2. The molecule has 0 rings (SSSR count). The smallest absolute Gasteiger partial charge is 0.222 e. The van der Waals surface area contributed by atoms with Gasteiger partial charge in [-0.15, -0.1) is 12.4 Å². The summed E-state index contributed by atoms with van der Waals surface area (Å²) in [5, 5.41) is 5.92. The molecule has 6 heteroatoms. The van der Waals surface area contributed by atoms with Gasteiger partial charge in [0.15, 0.2) is 0 Å². The van der Waals surface area contributed by atoms with Gasteiger partial charge in [-0.25, -0.2) is 0 Å². The third-order valence-corrected chi connectivity index (χ3v) is 1.78. The van der Waals surface area contributed by atoms with Crippen molar-refractivity contribution < 1.29 is 14.3 Å². The lowest BCUT2D eigenvalue weighted by Gasteiger charge is -2.06. The zero-order chi connectivity index (χ0) is 11.4. The molecule has 0 aliphatic rings. The number of rotatable bonds is 10. The molecule has 0 fully saturated rings. The quantitative estimate of drug-likeness (QED) is 0.547.